The largest absolute Gasteiger partial charge is 0.497 e. The van der Waals surface area contributed by atoms with Crippen LogP contribution in [0.3, 0.4) is 0 Å². The monoisotopic (exact) mass is 380 g/mol. The van der Waals surface area contributed by atoms with E-state index in [1.54, 1.807) is 7.11 Å². The summed E-state index contributed by atoms with van der Waals surface area (Å²) in [6.45, 7) is 5.10. The summed E-state index contributed by atoms with van der Waals surface area (Å²) in [5, 5.41) is 0. The molecule has 2 fully saturated rings. The molecule has 5 heteroatoms. The number of methoxy groups -OCH3 is 1. The van der Waals surface area contributed by atoms with Crippen LogP contribution in [0, 0.1) is 11.8 Å². The maximum atomic E-state index is 13.2. The average Bonchev–Trinajstić information content (AvgIpc) is 3.25. The molecule has 0 bridgehead atoms. The molecule has 0 aromatic heterocycles. The second kappa shape index (κ2) is 7.84. The highest BCUT2D eigenvalue weighted by Gasteiger charge is 2.47. The molecule has 4 rings (SSSR count). The Labute approximate surface area is 166 Å². The lowest BCUT2D eigenvalue weighted by molar-refractivity contribution is 0.0763. The first kappa shape index (κ1) is 18.8. The Morgan fingerprint density at radius 1 is 1.07 bits per heavy atom. The fraction of sp³-hybridized carbons (Fsp3) is 0.435. The van der Waals surface area contributed by atoms with Gasteiger partial charge in [-0.2, -0.15) is 0 Å². The zero-order valence-corrected chi connectivity index (χ0v) is 16.8. The number of hydrogen-bond donors (Lipinski definition) is 0. The molecule has 0 radical (unpaired) electrons. The first-order valence-electron chi connectivity index (χ1n) is 9.97. The minimum absolute atomic E-state index is 0.0783. The van der Waals surface area contributed by atoms with E-state index in [4.69, 9.17) is 9.47 Å². The number of amides is 1. The number of likely N-dealkylation sites (tertiary alicyclic amines) is 2. The summed E-state index contributed by atoms with van der Waals surface area (Å²) in [6, 6.07) is 16.2. The first-order valence-corrected chi connectivity index (χ1v) is 9.97. The van der Waals surface area contributed by atoms with Gasteiger partial charge in [-0.05, 0) is 49.7 Å². The van der Waals surface area contributed by atoms with E-state index in [-0.39, 0.29) is 5.91 Å². The van der Waals surface area contributed by atoms with Gasteiger partial charge in [-0.1, -0.05) is 24.3 Å². The van der Waals surface area contributed by atoms with E-state index in [9.17, 15) is 4.79 Å². The lowest BCUT2D eigenvalue weighted by atomic mass is 9.89. The average molecular weight is 380 g/mol. The Kier molecular flexibility index (Phi) is 5.27. The smallest absolute Gasteiger partial charge is 0.257 e. The molecular formula is C23H28N2O3. The van der Waals surface area contributed by atoms with E-state index in [2.05, 4.69) is 24.1 Å². The third-order valence-corrected chi connectivity index (χ3v) is 6.06. The molecule has 2 aliphatic rings. The van der Waals surface area contributed by atoms with E-state index in [0.29, 0.717) is 35.8 Å². The molecule has 0 aliphatic carbocycles. The summed E-state index contributed by atoms with van der Waals surface area (Å²) >= 11 is 0. The van der Waals surface area contributed by atoms with Gasteiger partial charge in [0.05, 0.1) is 19.3 Å². The summed E-state index contributed by atoms with van der Waals surface area (Å²) < 4.78 is 11.0. The van der Waals surface area contributed by atoms with Crippen LogP contribution in [0.1, 0.15) is 28.9 Å². The highest BCUT2D eigenvalue weighted by atomic mass is 16.5. The van der Waals surface area contributed by atoms with Crippen molar-refractivity contribution in [2.24, 2.45) is 11.8 Å². The van der Waals surface area contributed by atoms with E-state index in [1.165, 1.54) is 5.56 Å². The SMILES string of the molecule is CCOc1ccccc1C(=O)N1C[C@@H]2CN(C)[C@@H](c3ccc(OC)cc3)[C@@H]2C1. The molecule has 148 valence electrons. The second-order valence-electron chi connectivity index (χ2n) is 7.72. The van der Waals surface area contributed by atoms with Gasteiger partial charge in [0, 0.05) is 31.6 Å². The number of fused-ring (bicyclic) bond motifs is 1. The van der Waals surface area contributed by atoms with Crippen LogP contribution in [-0.2, 0) is 0 Å². The molecule has 2 saturated heterocycles. The Hall–Kier alpha value is -2.53. The molecule has 2 aliphatic heterocycles. The molecule has 0 N–H and O–H groups in total. The van der Waals surface area contributed by atoms with Crippen molar-refractivity contribution in [2.45, 2.75) is 13.0 Å². The molecule has 2 aromatic carbocycles. The lowest BCUT2D eigenvalue weighted by Crippen LogP contribution is -2.33. The minimum atomic E-state index is 0.0783. The van der Waals surface area contributed by atoms with Crippen LogP contribution in [0.5, 0.6) is 11.5 Å². The number of rotatable bonds is 5. The predicted octanol–water partition coefficient (Wildman–Crippen LogP) is 3.47. The van der Waals surface area contributed by atoms with Gasteiger partial charge in [0.2, 0.25) is 0 Å². The van der Waals surface area contributed by atoms with Gasteiger partial charge in [-0.3, -0.25) is 9.69 Å². The van der Waals surface area contributed by atoms with Crippen molar-refractivity contribution in [1.29, 1.82) is 0 Å². The van der Waals surface area contributed by atoms with Crippen molar-refractivity contribution in [3.63, 3.8) is 0 Å². The van der Waals surface area contributed by atoms with Gasteiger partial charge < -0.3 is 14.4 Å². The van der Waals surface area contributed by atoms with Crippen molar-refractivity contribution < 1.29 is 14.3 Å². The van der Waals surface area contributed by atoms with Gasteiger partial charge in [0.1, 0.15) is 11.5 Å². The normalized spacial score (nSPS) is 24.2. The maximum Gasteiger partial charge on any atom is 0.257 e. The van der Waals surface area contributed by atoms with Crippen molar-refractivity contribution >= 4 is 5.91 Å². The van der Waals surface area contributed by atoms with E-state index in [1.807, 2.05) is 48.2 Å². The zero-order valence-electron chi connectivity index (χ0n) is 16.8. The lowest BCUT2D eigenvalue weighted by Gasteiger charge is -2.27. The van der Waals surface area contributed by atoms with Gasteiger partial charge in [0.15, 0.2) is 0 Å². The van der Waals surface area contributed by atoms with Crippen molar-refractivity contribution in [1.82, 2.24) is 9.80 Å². The molecule has 2 aromatic rings. The topological polar surface area (TPSA) is 42.0 Å². The molecule has 3 atom stereocenters. The van der Waals surface area contributed by atoms with Crippen LogP contribution >= 0.6 is 0 Å². The number of carbonyl (C=O) groups excluding carboxylic acids is 1. The summed E-state index contributed by atoms with van der Waals surface area (Å²) in [4.78, 5) is 17.6. The summed E-state index contributed by atoms with van der Waals surface area (Å²) in [5.74, 6) is 2.57. The summed E-state index contributed by atoms with van der Waals surface area (Å²) in [5.41, 5.74) is 1.96. The summed E-state index contributed by atoms with van der Waals surface area (Å²) in [6.07, 6.45) is 0. The summed E-state index contributed by atoms with van der Waals surface area (Å²) in [7, 11) is 3.87. The van der Waals surface area contributed by atoms with Crippen LogP contribution in [0.25, 0.3) is 0 Å². The fourth-order valence-corrected chi connectivity index (χ4v) is 4.82. The number of carbonyl (C=O) groups is 1. The molecule has 0 saturated carbocycles. The van der Waals surface area contributed by atoms with E-state index < -0.39 is 0 Å². The minimum Gasteiger partial charge on any atom is -0.497 e. The Morgan fingerprint density at radius 2 is 1.82 bits per heavy atom. The Bertz CT molecular complexity index is 836. The van der Waals surface area contributed by atoms with Gasteiger partial charge >= 0.3 is 0 Å². The van der Waals surface area contributed by atoms with Gasteiger partial charge in [0.25, 0.3) is 5.91 Å². The predicted molar refractivity (Wildman–Crippen MR) is 109 cm³/mol. The standard InChI is InChI=1S/C23H28N2O3/c1-4-28-21-8-6-5-7-19(21)23(26)25-14-17-13-24(2)22(20(17)15-25)16-9-11-18(27-3)12-10-16/h5-12,17,20,22H,4,13-15H2,1-3H3/t17-,20+,22-/m0/s1. The third kappa shape index (κ3) is 3.35. The van der Waals surface area contributed by atoms with E-state index >= 15 is 0 Å². The van der Waals surface area contributed by atoms with Crippen LogP contribution < -0.4 is 9.47 Å². The molecule has 0 unspecified atom stereocenters. The van der Waals surface area contributed by atoms with Crippen molar-refractivity contribution in [3.05, 3.63) is 59.7 Å². The fourth-order valence-electron chi connectivity index (χ4n) is 4.82. The number of nitrogens with zero attached hydrogens (tertiary/aromatic N) is 2. The van der Waals surface area contributed by atoms with E-state index in [0.717, 1.165) is 25.4 Å². The van der Waals surface area contributed by atoms with Gasteiger partial charge in [-0.15, -0.1) is 0 Å². The maximum absolute atomic E-state index is 13.2. The molecule has 5 nitrogen and oxygen atoms in total. The van der Waals surface area contributed by atoms with Crippen LogP contribution in [0.2, 0.25) is 0 Å². The molecule has 1 amide bonds. The first-order chi connectivity index (χ1) is 13.6. The highest BCUT2D eigenvalue weighted by Crippen LogP contribution is 2.44. The molecular weight excluding hydrogens is 352 g/mol. The number of hydrogen-bond acceptors (Lipinski definition) is 4. The number of para-hydroxylation sites is 1. The molecule has 0 spiro atoms. The highest BCUT2D eigenvalue weighted by molar-refractivity contribution is 5.97. The molecule has 2 heterocycles. The second-order valence-corrected chi connectivity index (χ2v) is 7.72. The Morgan fingerprint density at radius 3 is 2.54 bits per heavy atom. The third-order valence-electron chi connectivity index (χ3n) is 6.06. The van der Waals surface area contributed by atoms with Crippen molar-refractivity contribution in [3.8, 4) is 11.5 Å². The van der Waals surface area contributed by atoms with Crippen LogP contribution in [0.15, 0.2) is 48.5 Å². The van der Waals surface area contributed by atoms with Crippen LogP contribution in [-0.4, -0.2) is 56.1 Å². The zero-order chi connectivity index (χ0) is 19.7. The number of ether oxygens (including phenoxy) is 2. The number of benzene rings is 2. The van der Waals surface area contributed by atoms with Crippen LogP contribution in [0.4, 0.5) is 0 Å². The van der Waals surface area contributed by atoms with Crippen molar-refractivity contribution in [2.75, 3.05) is 40.4 Å². The van der Waals surface area contributed by atoms with Gasteiger partial charge in [-0.25, -0.2) is 0 Å². The Balaban J connectivity index is 1.53. The quantitative estimate of drug-likeness (QED) is 0.797. The molecule has 28 heavy (non-hydrogen) atoms.